The molecule has 2 heterocycles. The van der Waals surface area contributed by atoms with E-state index in [0.717, 1.165) is 22.6 Å². The van der Waals surface area contributed by atoms with E-state index in [1.54, 1.807) is 17.8 Å². The highest BCUT2D eigenvalue weighted by Crippen LogP contribution is 2.25. The number of benzene rings is 1. The summed E-state index contributed by atoms with van der Waals surface area (Å²) in [5, 5.41) is 9.88. The first-order chi connectivity index (χ1) is 12.1. The number of rotatable bonds is 7. The summed E-state index contributed by atoms with van der Waals surface area (Å²) >= 11 is 7.71. The number of aromatic nitrogens is 5. The minimum Gasteiger partial charge on any atom is -0.484 e. The van der Waals surface area contributed by atoms with Gasteiger partial charge in [0, 0.05) is 25.5 Å². The Morgan fingerprint density at radius 3 is 2.69 bits per heavy atom. The number of nitrogens with zero attached hydrogens (tertiary/aromatic N) is 5. The Labute approximate surface area is 168 Å². The van der Waals surface area contributed by atoms with Gasteiger partial charge < -0.3 is 13.9 Å². The Balaban J connectivity index is 0.00000243. The molecule has 0 N–H and O–H groups in total. The van der Waals surface area contributed by atoms with Gasteiger partial charge in [-0.25, -0.2) is 4.98 Å². The van der Waals surface area contributed by atoms with Crippen LogP contribution in [-0.4, -0.2) is 24.3 Å². The van der Waals surface area contributed by atoms with Crippen LogP contribution in [0, 0.1) is 0 Å². The van der Waals surface area contributed by atoms with Crippen LogP contribution in [0.5, 0.6) is 5.75 Å². The van der Waals surface area contributed by atoms with E-state index in [-0.39, 0.29) is 12.4 Å². The highest BCUT2D eigenvalue weighted by molar-refractivity contribution is 7.98. The van der Waals surface area contributed by atoms with E-state index >= 15 is 0 Å². The lowest BCUT2D eigenvalue weighted by atomic mass is 10.3. The zero-order valence-corrected chi connectivity index (χ0v) is 17.2. The van der Waals surface area contributed by atoms with Gasteiger partial charge in [-0.1, -0.05) is 35.5 Å². The van der Waals surface area contributed by atoms with Gasteiger partial charge in [-0.3, -0.25) is 0 Å². The van der Waals surface area contributed by atoms with Gasteiger partial charge in [0.25, 0.3) is 0 Å². The molecule has 0 spiro atoms. The predicted molar refractivity (Wildman–Crippen MR) is 106 cm³/mol. The summed E-state index contributed by atoms with van der Waals surface area (Å²) in [6.07, 6.45) is 3.83. The molecule has 0 amide bonds. The smallest absolute Gasteiger partial charge is 0.191 e. The van der Waals surface area contributed by atoms with Gasteiger partial charge >= 0.3 is 0 Å². The molecule has 3 rings (SSSR count). The molecular weight excluding hydrogens is 393 g/mol. The molecule has 2 aromatic heterocycles. The van der Waals surface area contributed by atoms with Crippen LogP contribution in [0.15, 0.2) is 41.8 Å². The molecule has 0 fully saturated rings. The van der Waals surface area contributed by atoms with E-state index in [1.807, 2.05) is 42.2 Å². The summed E-state index contributed by atoms with van der Waals surface area (Å²) in [6, 6.07) is 7.77. The third-order valence-corrected chi connectivity index (χ3v) is 5.08. The summed E-state index contributed by atoms with van der Waals surface area (Å²) in [7, 11) is 1.93. The Hall–Kier alpha value is -1.70. The first kappa shape index (κ1) is 20.6. The van der Waals surface area contributed by atoms with Crippen molar-refractivity contribution in [3.63, 3.8) is 0 Å². The van der Waals surface area contributed by atoms with Crippen molar-refractivity contribution in [2.24, 2.45) is 7.05 Å². The van der Waals surface area contributed by atoms with Crippen LogP contribution in [0.4, 0.5) is 0 Å². The van der Waals surface area contributed by atoms with Gasteiger partial charge in [0.15, 0.2) is 11.0 Å². The van der Waals surface area contributed by atoms with E-state index in [1.165, 1.54) is 0 Å². The quantitative estimate of drug-likeness (QED) is 0.532. The number of hydrogen-bond donors (Lipinski definition) is 0. The Morgan fingerprint density at radius 2 is 1.96 bits per heavy atom. The fourth-order valence-corrected chi connectivity index (χ4v) is 3.43. The van der Waals surface area contributed by atoms with Crippen LogP contribution in [0.25, 0.3) is 0 Å². The first-order valence-corrected chi connectivity index (χ1v) is 9.32. The number of imidazole rings is 1. The van der Waals surface area contributed by atoms with E-state index in [4.69, 9.17) is 16.3 Å². The SMILES string of the molecule is CC(C)n1ccnc1CSc1nnc(COc2ccccc2Cl)n1C.Cl. The van der Waals surface area contributed by atoms with E-state index < -0.39 is 0 Å². The average Bonchev–Trinajstić information content (AvgIpc) is 3.19. The van der Waals surface area contributed by atoms with Crippen molar-refractivity contribution >= 4 is 35.8 Å². The highest BCUT2D eigenvalue weighted by atomic mass is 35.5. The van der Waals surface area contributed by atoms with Crippen molar-refractivity contribution in [3.05, 3.63) is 53.3 Å². The van der Waals surface area contributed by atoms with Crippen LogP contribution in [0.2, 0.25) is 5.02 Å². The second-order valence-electron chi connectivity index (χ2n) is 5.81. The van der Waals surface area contributed by atoms with Gasteiger partial charge in [0.1, 0.15) is 18.2 Å². The van der Waals surface area contributed by atoms with Crippen LogP contribution in [-0.2, 0) is 19.4 Å². The third kappa shape index (κ3) is 4.72. The lowest BCUT2D eigenvalue weighted by Crippen LogP contribution is -2.06. The molecular formula is C17H21Cl2N5OS. The van der Waals surface area contributed by atoms with Gasteiger partial charge in [0.05, 0.1) is 10.8 Å². The maximum Gasteiger partial charge on any atom is 0.191 e. The number of thioether (sulfide) groups is 1. The zero-order chi connectivity index (χ0) is 17.8. The predicted octanol–water partition coefficient (Wildman–Crippen LogP) is 4.54. The van der Waals surface area contributed by atoms with Crippen molar-refractivity contribution in [3.8, 4) is 5.75 Å². The van der Waals surface area contributed by atoms with E-state index in [2.05, 4.69) is 33.6 Å². The Bertz CT molecular complexity index is 849. The monoisotopic (exact) mass is 413 g/mol. The normalized spacial score (nSPS) is 10.8. The molecule has 0 aliphatic rings. The number of halogens is 2. The minimum absolute atomic E-state index is 0. The fourth-order valence-electron chi connectivity index (χ4n) is 2.36. The van der Waals surface area contributed by atoms with Crippen LogP contribution >= 0.6 is 35.8 Å². The van der Waals surface area contributed by atoms with Crippen molar-refractivity contribution < 1.29 is 4.74 Å². The molecule has 0 atom stereocenters. The minimum atomic E-state index is 0. The highest BCUT2D eigenvalue weighted by Gasteiger charge is 2.13. The Kier molecular flexibility index (Phi) is 7.37. The molecule has 9 heteroatoms. The van der Waals surface area contributed by atoms with Crippen molar-refractivity contribution in [1.29, 1.82) is 0 Å². The number of ether oxygens (including phenoxy) is 1. The topological polar surface area (TPSA) is 57.8 Å². The van der Waals surface area contributed by atoms with Crippen molar-refractivity contribution in [2.45, 2.75) is 37.4 Å². The average molecular weight is 414 g/mol. The molecule has 26 heavy (non-hydrogen) atoms. The fraction of sp³-hybridized carbons (Fsp3) is 0.353. The van der Waals surface area contributed by atoms with Gasteiger partial charge in [-0.15, -0.1) is 22.6 Å². The molecule has 6 nitrogen and oxygen atoms in total. The summed E-state index contributed by atoms with van der Waals surface area (Å²) in [6.45, 7) is 4.60. The number of para-hydroxylation sites is 1. The van der Waals surface area contributed by atoms with E-state index in [0.29, 0.717) is 23.4 Å². The Morgan fingerprint density at radius 1 is 1.19 bits per heavy atom. The lowest BCUT2D eigenvalue weighted by molar-refractivity contribution is 0.290. The second-order valence-corrected chi connectivity index (χ2v) is 7.16. The molecule has 1 aromatic carbocycles. The molecule has 3 aromatic rings. The lowest BCUT2D eigenvalue weighted by Gasteiger charge is -2.11. The maximum absolute atomic E-state index is 6.10. The number of hydrogen-bond acceptors (Lipinski definition) is 5. The molecule has 0 unspecified atom stereocenters. The molecule has 0 bridgehead atoms. The molecule has 0 aliphatic carbocycles. The summed E-state index contributed by atoms with van der Waals surface area (Å²) < 4.78 is 9.83. The van der Waals surface area contributed by atoms with Crippen LogP contribution in [0.1, 0.15) is 31.5 Å². The summed E-state index contributed by atoms with van der Waals surface area (Å²) in [5.41, 5.74) is 0. The van der Waals surface area contributed by atoms with Crippen molar-refractivity contribution in [2.75, 3.05) is 0 Å². The van der Waals surface area contributed by atoms with Gasteiger partial charge in [0.2, 0.25) is 0 Å². The largest absolute Gasteiger partial charge is 0.484 e. The molecule has 0 saturated carbocycles. The van der Waals surface area contributed by atoms with Crippen molar-refractivity contribution in [1.82, 2.24) is 24.3 Å². The third-order valence-electron chi connectivity index (χ3n) is 3.75. The standard InChI is InChI=1S/C17H20ClN5OS.ClH/c1-12(2)23-9-8-19-16(23)11-25-17-21-20-15(22(17)3)10-24-14-7-5-4-6-13(14)18;/h4-9,12H,10-11H2,1-3H3;1H. The molecule has 0 radical (unpaired) electrons. The van der Waals surface area contributed by atoms with Crippen LogP contribution in [0.3, 0.4) is 0 Å². The first-order valence-electron chi connectivity index (χ1n) is 7.96. The zero-order valence-electron chi connectivity index (χ0n) is 14.8. The molecule has 0 saturated heterocycles. The molecule has 0 aliphatic heterocycles. The second kappa shape index (κ2) is 9.30. The summed E-state index contributed by atoms with van der Waals surface area (Å²) in [5.74, 6) is 3.15. The maximum atomic E-state index is 6.10. The van der Waals surface area contributed by atoms with Gasteiger partial charge in [-0.05, 0) is 26.0 Å². The van der Waals surface area contributed by atoms with E-state index in [9.17, 15) is 0 Å². The van der Waals surface area contributed by atoms with Crippen LogP contribution < -0.4 is 4.74 Å². The van der Waals surface area contributed by atoms with Gasteiger partial charge in [-0.2, -0.15) is 0 Å². The summed E-state index contributed by atoms with van der Waals surface area (Å²) in [4.78, 5) is 4.42. The molecule has 140 valence electrons.